The molecule has 0 aliphatic heterocycles. The molecule has 0 radical (unpaired) electrons. The first kappa shape index (κ1) is 21.7. The molecule has 2 N–H and O–H groups in total. The van der Waals surface area contributed by atoms with E-state index in [0.29, 0.717) is 12.0 Å². The van der Waals surface area contributed by atoms with Crippen LogP contribution in [0.1, 0.15) is 74.6 Å². The summed E-state index contributed by atoms with van der Waals surface area (Å²) >= 11 is 0. The van der Waals surface area contributed by atoms with Gasteiger partial charge in [-0.05, 0) is 59.8 Å². The van der Waals surface area contributed by atoms with Crippen molar-refractivity contribution >= 4 is 5.97 Å². The fraction of sp³-hybridized carbons (Fsp3) is 0.593. The van der Waals surface area contributed by atoms with Crippen LogP contribution in [0.5, 0.6) is 0 Å². The van der Waals surface area contributed by atoms with E-state index in [1.807, 2.05) is 26.0 Å². The van der Waals surface area contributed by atoms with Gasteiger partial charge < -0.3 is 19.4 Å². The maximum atomic E-state index is 13.1. The van der Waals surface area contributed by atoms with E-state index >= 15 is 0 Å². The number of rotatable bonds is 2. The van der Waals surface area contributed by atoms with Gasteiger partial charge in [0.15, 0.2) is 6.10 Å². The van der Waals surface area contributed by atoms with Crippen molar-refractivity contribution in [2.24, 2.45) is 22.7 Å². The van der Waals surface area contributed by atoms with E-state index in [1.165, 1.54) is 0 Å². The Kier molecular flexibility index (Phi) is 4.88. The summed E-state index contributed by atoms with van der Waals surface area (Å²) in [5, 5.41) is 24.3. The van der Waals surface area contributed by atoms with E-state index < -0.39 is 34.6 Å². The van der Waals surface area contributed by atoms with Crippen LogP contribution < -0.4 is 0 Å². The molecule has 5 nitrogen and oxygen atoms in total. The summed E-state index contributed by atoms with van der Waals surface area (Å²) in [4.78, 5) is 13.1. The first-order valence-corrected chi connectivity index (χ1v) is 11.8. The van der Waals surface area contributed by atoms with Crippen LogP contribution in [0.4, 0.5) is 0 Å². The van der Waals surface area contributed by atoms with Crippen molar-refractivity contribution in [1.82, 2.24) is 0 Å². The second kappa shape index (κ2) is 7.19. The fourth-order valence-corrected chi connectivity index (χ4v) is 7.59. The van der Waals surface area contributed by atoms with Crippen molar-refractivity contribution in [3.05, 3.63) is 59.5 Å². The third-order valence-corrected chi connectivity index (χ3v) is 9.30. The van der Waals surface area contributed by atoms with Gasteiger partial charge in [0.2, 0.25) is 0 Å². The summed E-state index contributed by atoms with van der Waals surface area (Å²) in [5.74, 6) is 0.396. The zero-order chi connectivity index (χ0) is 22.9. The molecular formula is C27H34O5. The van der Waals surface area contributed by atoms with Gasteiger partial charge >= 0.3 is 5.97 Å². The molecule has 5 heteroatoms. The first-order chi connectivity index (χ1) is 15.1. The van der Waals surface area contributed by atoms with Gasteiger partial charge in [0, 0.05) is 11.8 Å². The van der Waals surface area contributed by atoms with E-state index in [9.17, 15) is 15.0 Å². The largest absolute Gasteiger partial charge is 0.469 e. The molecule has 3 aliphatic rings. The van der Waals surface area contributed by atoms with E-state index in [-0.39, 0.29) is 17.8 Å². The van der Waals surface area contributed by atoms with Gasteiger partial charge in [-0.25, -0.2) is 4.79 Å². The Morgan fingerprint density at radius 2 is 1.84 bits per heavy atom. The van der Waals surface area contributed by atoms with Gasteiger partial charge in [-0.1, -0.05) is 52.3 Å². The number of fused-ring (bicyclic) bond motifs is 4. The highest BCUT2D eigenvalue weighted by atomic mass is 16.6. The molecule has 0 amide bonds. The number of hydrogen-bond donors (Lipinski definition) is 2. The monoisotopic (exact) mass is 438 g/mol. The third-order valence-electron chi connectivity index (χ3n) is 9.30. The molecule has 7 atom stereocenters. The average molecular weight is 439 g/mol. The molecule has 2 aromatic rings. The second-order valence-electron chi connectivity index (χ2n) is 11.1. The summed E-state index contributed by atoms with van der Waals surface area (Å²) < 4.78 is 11.9. The lowest BCUT2D eigenvalue weighted by atomic mass is 9.40. The molecular weight excluding hydrogens is 404 g/mol. The highest BCUT2D eigenvalue weighted by molar-refractivity contribution is 5.89. The minimum atomic E-state index is -1.37. The Hall–Kier alpha value is -2.11. The first-order valence-electron chi connectivity index (χ1n) is 11.8. The Balaban J connectivity index is 1.63. The molecule has 32 heavy (non-hydrogen) atoms. The fourth-order valence-electron chi connectivity index (χ4n) is 7.59. The lowest BCUT2D eigenvalue weighted by Gasteiger charge is -2.68. The number of hydrogen-bond acceptors (Lipinski definition) is 5. The topological polar surface area (TPSA) is 79.9 Å². The van der Waals surface area contributed by atoms with Gasteiger partial charge in [-0.2, -0.15) is 0 Å². The predicted octanol–water partition coefficient (Wildman–Crippen LogP) is 4.72. The van der Waals surface area contributed by atoms with Gasteiger partial charge in [-0.15, -0.1) is 0 Å². The van der Waals surface area contributed by atoms with Crippen molar-refractivity contribution in [1.29, 1.82) is 0 Å². The predicted molar refractivity (Wildman–Crippen MR) is 120 cm³/mol. The zero-order valence-corrected chi connectivity index (χ0v) is 19.4. The molecule has 1 aromatic heterocycles. The summed E-state index contributed by atoms with van der Waals surface area (Å²) in [6.07, 6.45) is 3.05. The number of ether oxygens (including phenoxy) is 1. The number of furan rings is 1. The van der Waals surface area contributed by atoms with E-state index in [4.69, 9.17) is 9.15 Å². The van der Waals surface area contributed by atoms with Crippen molar-refractivity contribution in [3.8, 4) is 0 Å². The number of aliphatic hydroxyl groups is 2. The van der Waals surface area contributed by atoms with Gasteiger partial charge in [0.05, 0.1) is 17.9 Å². The third kappa shape index (κ3) is 2.73. The minimum absolute atomic E-state index is 0.0300. The maximum absolute atomic E-state index is 13.1. The van der Waals surface area contributed by atoms with Gasteiger partial charge in [-0.3, -0.25) is 0 Å². The Labute approximate surface area is 189 Å². The summed E-state index contributed by atoms with van der Waals surface area (Å²) in [6, 6.07) is 10.8. The van der Waals surface area contributed by atoms with Crippen molar-refractivity contribution in [2.45, 2.75) is 77.1 Å². The summed E-state index contributed by atoms with van der Waals surface area (Å²) in [5.41, 5.74) is -0.885. The average Bonchev–Trinajstić information content (AvgIpc) is 3.24. The lowest BCUT2D eigenvalue weighted by Crippen LogP contribution is -2.76. The second-order valence-corrected chi connectivity index (χ2v) is 11.1. The summed E-state index contributed by atoms with van der Waals surface area (Å²) in [7, 11) is 0. The van der Waals surface area contributed by atoms with Crippen LogP contribution in [0.3, 0.4) is 0 Å². The van der Waals surface area contributed by atoms with E-state index in [1.54, 1.807) is 30.5 Å². The molecule has 3 aliphatic carbocycles. The zero-order valence-electron chi connectivity index (χ0n) is 19.4. The maximum Gasteiger partial charge on any atom is 0.338 e. The molecule has 2 fully saturated rings. The highest BCUT2D eigenvalue weighted by Gasteiger charge is 2.73. The Morgan fingerprint density at radius 1 is 1.12 bits per heavy atom. The standard InChI is InChI=1S/C27H34O5/c1-16-18-11-14-31-20(18)15-19-21(16)22(28)23(32-24(29)17-9-6-5-7-10-17)27(30)25(2,3)12-8-13-26(19,27)4/h5-7,9-11,14,16,19,21-23,28,30H,8,12-13,15H2,1-4H3/t16-,19-,21-,22+,23+,26+,27+/m1/s1. The quantitative estimate of drug-likeness (QED) is 0.663. The van der Waals surface area contributed by atoms with Crippen LogP contribution in [-0.4, -0.2) is 34.0 Å². The van der Waals surface area contributed by atoms with Crippen LogP contribution in [0.2, 0.25) is 0 Å². The van der Waals surface area contributed by atoms with Crippen molar-refractivity contribution < 1.29 is 24.2 Å². The number of carbonyl (C=O) groups excluding carboxylic acids is 1. The molecule has 0 spiro atoms. The van der Waals surface area contributed by atoms with Crippen LogP contribution in [-0.2, 0) is 11.2 Å². The summed E-state index contributed by atoms with van der Waals surface area (Å²) in [6.45, 7) is 8.35. The van der Waals surface area contributed by atoms with Crippen molar-refractivity contribution in [2.75, 3.05) is 0 Å². The van der Waals surface area contributed by atoms with E-state index in [0.717, 1.165) is 30.6 Å². The molecule has 1 heterocycles. The van der Waals surface area contributed by atoms with E-state index in [2.05, 4.69) is 13.8 Å². The molecule has 172 valence electrons. The number of carbonyl (C=O) groups is 1. The number of benzene rings is 1. The smallest absolute Gasteiger partial charge is 0.338 e. The van der Waals surface area contributed by atoms with Gasteiger partial charge in [0.1, 0.15) is 11.4 Å². The molecule has 1 aromatic carbocycles. The van der Waals surface area contributed by atoms with Crippen LogP contribution in [0.25, 0.3) is 0 Å². The SMILES string of the molecule is C[C@@H]1c2ccoc2C[C@@H]2[C@@H]1[C@H](O)[C@H](OC(=O)c1ccccc1)[C@]1(O)C(C)(C)CCC[C@@]21C. The molecule has 0 bridgehead atoms. The van der Waals surface area contributed by atoms with Crippen molar-refractivity contribution in [3.63, 3.8) is 0 Å². The van der Waals surface area contributed by atoms with Crippen LogP contribution >= 0.6 is 0 Å². The Bertz CT molecular complexity index is 1010. The molecule has 0 saturated heterocycles. The lowest BCUT2D eigenvalue weighted by molar-refractivity contribution is -0.312. The molecule has 5 rings (SSSR count). The minimum Gasteiger partial charge on any atom is -0.469 e. The molecule has 0 unspecified atom stereocenters. The number of aliphatic hydroxyl groups excluding tert-OH is 1. The van der Waals surface area contributed by atoms with Gasteiger partial charge in [0.25, 0.3) is 0 Å². The van der Waals surface area contributed by atoms with Crippen LogP contribution in [0.15, 0.2) is 47.1 Å². The highest BCUT2D eigenvalue weighted by Crippen LogP contribution is 2.67. The normalized spacial score (nSPS) is 40.0. The Morgan fingerprint density at radius 3 is 2.56 bits per heavy atom. The molecule has 2 saturated carbocycles. The number of esters is 1. The van der Waals surface area contributed by atoms with Crippen LogP contribution in [0, 0.1) is 22.7 Å².